The molecule has 6 aromatic carbocycles. The third kappa shape index (κ3) is 6.21. The van der Waals surface area contributed by atoms with Crippen molar-refractivity contribution in [3.63, 3.8) is 0 Å². The van der Waals surface area contributed by atoms with Gasteiger partial charge in [-0.2, -0.15) is 63.2 Å². The first-order chi connectivity index (χ1) is 27.2. The molecule has 0 N–H and O–H groups in total. The second-order valence-electron chi connectivity index (χ2n) is 13.3. The van der Waals surface area contributed by atoms with Crippen LogP contribution in [-0.4, -0.2) is 9.13 Å². The molecule has 0 fully saturated rings. The van der Waals surface area contributed by atoms with Gasteiger partial charge in [0.1, 0.15) is 0 Å². The molecule has 0 bridgehead atoms. The van der Waals surface area contributed by atoms with Crippen LogP contribution in [-0.2, 0) is 24.7 Å². The number of nitrogens with zero attached hydrogens (tertiary/aromatic N) is 4. The molecule has 2 aromatic heterocycles. The first kappa shape index (κ1) is 38.0. The minimum atomic E-state index is -4.91. The lowest BCUT2D eigenvalue weighted by molar-refractivity contribution is -0.138. The molecule has 0 amide bonds. The van der Waals surface area contributed by atoms with Crippen molar-refractivity contribution < 1.29 is 52.7 Å². The zero-order valence-electron chi connectivity index (χ0n) is 28.7. The summed E-state index contributed by atoms with van der Waals surface area (Å²) in [6.07, 6.45) is -19.6. The van der Waals surface area contributed by atoms with Gasteiger partial charge in [-0.1, -0.05) is 12.1 Å². The van der Waals surface area contributed by atoms with E-state index in [-0.39, 0.29) is 77.2 Å². The summed E-state index contributed by atoms with van der Waals surface area (Å²) >= 11 is 0. The van der Waals surface area contributed by atoms with E-state index < -0.39 is 47.0 Å². The molecule has 0 aliphatic heterocycles. The Hall–Kier alpha value is -6.94. The number of hydrogen-bond donors (Lipinski definition) is 0. The number of aromatic nitrogens is 2. The van der Waals surface area contributed by atoms with Gasteiger partial charge in [0.2, 0.25) is 0 Å². The molecule has 290 valence electrons. The predicted octanol–water partition coefficient (Wildman–Crippen LogP) is 13.4. The van der Waals surface area contributed by atoms with E-state index >= 15 is 0 Å². The molecule has 0 atom stereocenters. The highest BCUT2D eigenvalue weighted by Crippen LogP contribution is 2.46. The summed E-state index contributed by atoms with van der Waals surface area (Å²) in [4.78, 5) is 0. The summed E-state index contributed by atoms with van der Waals surface area (Å²) in [6, 6.07) is 22.1. The molecular formula is C42H18F12N4. The topological polar surface area (TPSA) is 57.4 Å². The Morgan fingerprint density at radius 3 is 1.00 bits per heavy atom. The summed E-state index contributed by atoms with van der Waals surface area (Å²) in [7, 11) is 0. The fourth-order valence-electron chi connectivity index (χ4n) is 7.34. The average molecular weight is 807 g/mol. The van der Waals surface area contributed by atoms with Gasteiger partial charge in [-0.25, -0.2) is 0 Å². The minimum absolute atomic E-state index is 0.0301. The molecule has 0 radical (unpaired) electrons. The van der Waals surface area contributed by atoms with Crippen molar-refractivity contribution in [1.82, 2.24) is 9.13 Å². The zero-order chi connectivity index (χ0) is 41.7. The van der Waals surface area contributed by atoms with E-state index in [0.29, 0.717) is 24.3 Å². The fourth-order valence-corrected chi connectivity index (χ4v) is 7.34. The molecule has 0 saturated carbocycles. The number of fused-ring (bicyclic) bond motifs is 6. The van der Waals surface area contributed by atoms with E-state index in [0.717, 1.165) is 48.5 Å². The molecule has 0 unspecified atom stereocenters. The summed E-state index contributed by atoms with van der Waals surface area (Å²) < 4.78 is 171. The number of nitriles is 2. The summed E-state index contributed by atoms with van der Waals surface area (Å²) in [5.74, 6) is 0. The van der Waals surface area contributed by atoms with Crippen molar-refractivity contribution in [2.75, 3.05) is 0 Å². The SMILES string of the molecule is N#Cc1cccc(-c2c(-n3c4ccc(C(F)(F)F)cc4c4cc(C(F)(F)F)ccc43)cc(C#N)cc2-n2c3ccc(C(F)(F)F)cc3c3cc(C(F)(F)F)ccc32)c1. The Morgan fingerprint density at radius 2 is 0.707 bits per heavy atom. The lowest BCUT2D eigenvalue weighted by Crippen LogP contribution is -2.07. The van der Waals surface area contributed by atoms with Crippen molar-refractivity contribution in [3.05, 3.63) is 143 Å². The van der Waals surface area contributed by atoms with Crippen LogP contribution in [0.2, 0.25) is 0 Å². The monoisotopic (exact) mass is 806 g/mol. The summed E-state index contributed by atoms with van der Waals surface area (Å²) in [6.45, 7) is 0. The maximum absolute atomic E-state index is 14.0. The molecule has 4 nitrogen and oxygen atoms in total. The second-order valence-corrected chi connectivity index (χ2v) is 13.3. The lowest BCUT2D eigenvalue weighted by atomic mass is 9.96. The molecule has 0 aliphatic carbocycles. The van der Waals surface area contributed by atoms with Crippen molar-refractivity contribution in [2.45, 2.75) is 24.7 Å². The van der Waals surface area contributed by atoms with Gasteiger partial charge < -0.3 is 9.13 Å². The lowest BCUT2D eigenvalue weighted by Gasteiger charge is -2.21. The molecule has 0 aliphatic rings. The number of hydrogen-bond acceptors (Lipinski definition) is 2. The molecule has 2 heterocycles. The van der Waals surface area contributed by atoms with Gasteiger partial charge in [-0.3, -0.25) is 0 Å². The summed E-state index contributed by atoms with van der Waals surface area (Å²) in [5.41, 5.74) is -4.78. The average Bonchev–Trinajstić information content (AvgIpc) is 3.67. The van der Waals surface area contributed by atoms with Crippen molar-refractivity contribution in [2.24, 2.45) is 0 Å². The van der Waals surface area contributed by atoms with Crippen LogP contribution in [0.4, 0.5) is 52.7 Å². The highest BCUT2D eigenvalue weighted by molar-refractivity contribution is 6.12. The predicted molar refractivity (Wildman–Crippen MR) is 190 cm³/mol. The minimum Gasteiger partial charge on any atom is -0.308 e. The second kappa shape index (κ2) is 12.8. The molecular weight excluding hydrogens is 788 g/mol. The van der Waals surface area contributed by atoms with Crippen molar-refractivity contribution in [1.29, 1.82) is 10.5 Å². The molecule has 0 saturated heterocycles. The van der Waals surface area contributed by atoms with E-state index in [9.17, 15) is 63.2 Å². The van der Waals surface area contributed by atoms with Gasteiger partial charge >= 0.3 is 24.7 Å². The molecule has 16 heteroatoms. The van der Waals surface area contributed by atoms with Crippen LogP contribution in [0.5, 0.6) is 0 Å². The zero-order valence-corrected chi connectivity index (χ0v) is 28.7. The van der Waals surface area contributed by atoms with Gasteiger partial charge in [0.05, 0.1) is 79.0 Å². The highest BCUT2D eigenvalue weighted by Gasteiger charge is 2.36. The Morgan fingerprint density at radius 1 is 0.379 bits per heavy atom. The van der Waals surface area contributed by atoms with Crippen LogP contribution >= 0.6 is 0 Å². The number of halogens is 12. The Bertz CT molecular complexity index is 2780. The number of rotatable bonds is 3. The van der Waals surface area contributed by atoms with Crippen molar-refractivity contribution >= 4 is 43.6 Å². The Balaban J connectivity index is 1.58. The van der Waals surface area contributed by atoms with E-state index in [4.69, 9.17) is 0 Å². The van der Waals surface area contributed by atoms with Crippen LogP contribution < -0.4 is 0 Å². The van der Waals surface area contributed by atoms with Crippen LogP contribution in [0.3, 0.4) is 0 Å². The number of alkyl halides is 12. The third-order valence-corrected chi connectivity index (χ3v) is 9.83. The molecule has 0 spiro atoms. The van der Waals surface area contributed by atoms with Gasteiger partial charge in [0.25, 0.3) is 0 Å². The number of benzene rings is 6. The maximum atomic E-state index is 14.0. The molecule has 8 aromatic rings. The van der Waals surface area contributed by atoms with Crippen LogP contribution in [0.1, 0.15) is 33.4 Å². The van der Waals surface area contributed by atoms with Gasteiger partial charge in [-0.15, -0.1) is 0 Å². The van der Waals surface area contributed by atoms with Crippen LogP contribution in [0.15, 0.2) is 109 Å². The highest BCUT2D eigenvalue weighted by atomic mass is 19.4. The normalized spacial score (nSPS) is 12.8. The third-order valence-electron chi connectivity index (χ3n) is 9.83. The van der Waals surface area contributed by atoms with Gasteiger partial charge in [0, 0.05) is 27.1 Å². The van der Waals surface area contributed by atoms with E-state index in [2.05, 4.69) is 0 Å². The smallest absolute Gasteiger partial charge is 0.308 e. The van der Waals surface area contributed by atoms with Crippen molar-refractivity contribution in [3.8, 4) is 34.6 Å². The largest absolute Gasteiger partial charge is 0.416 e. The Kier molecular flexibility index (Phi) is 8.37. The first-order valence-corrected chi connectivity index (χ1v) is 16.7. The maximum Gasteiger partial charge on any atom is 0.416 e. The molecule has 8 rings (SSSR count). The summed E-state index contributed by atoms with van der Waals surface area (Å²) in [5, 5.41) is 19.2. The van der Waals surface area contributed by atoms with Gasteiger partial charge in [-0.05, 0) is 103 Å². The quantitative estimate of drug-likeness (QED) is 0.167. The van der Waals surface area contributed by atoms with Crippen LogP contribution in [0, 0.1) is 22.7 Å². The first-order valence-electron chi connectivity index (χ1n) is 16.7. The Labute approximate surface area is 317 Å². The molecule has 58 heavy (non-hydrogen) atoms. The van der Waals surface area contributed by atoms with E-state index in [1.54, 1.807) is 0 Å². The van der Waals surface area contributed by atoms with Gasteiger partial charge in [0.15, 0.2) is 0 Å². The van der Waals surface area contributed by atoms with E-state index in [1.165, 1.54) is 45.5 Å². The van der Waals surface area contributed by atoms with E-state index in [1.807, 2.05) is 12.1 Å². The van der Waals surface area contributed by atoms with Crippen LogP contribution in [0.25, 0.3) is 66.1 Å². The fraction of sp³-hybridized carbons (Fsp3) is 0.0952. The standard InChI is InChI=1S/C42H18F12N4/c43-39(44,45)24-4-8-32-28(15-24)29-16-25(40(46,47)48)5-9-33(29)57(32)36-13-22(20-56)14-37(38(36)23-3-1-2-21(12-23)19-55)58-34-10-6-26(41(49,50)51)17-30(34)31-18-27(42(52,53)54)7-11-35(31)58/h1-18H.